The van der Waals surface area contributed by atoms with Crippen LogP contribution >= 0.6 is 0 Å². The van der Waals surface area contributed by atoms with E-state index < -0.39 is 0 Å². The van der Waals surface area contributed by atoms with E-state index in [0.717, 1.165) is 19.3 Å². The van der Waals surface area contributed by atoms with Crippen molar-refractivity contribution in [2.75, 3.05) is 0 Å². The number of fused-ring (bicyclic) bond motifs is 1. The van der Waals surface area contributed by atoms with Crippen molar-refractivity contribution >= 4 is 16.8 Å². The number of aryl methyl sites for hydroxylation is 1. The summed E-state index contributed by atoms with van der Waals surface area (Å²) in [6.45, 7) is 2.24. The van der Waals surface area contributed by atoms with Gasteiger partial charge < -0.3 is 10.3 Å². The molecule has 1 heterocycles. The van der Waals surface area contributed by atoms with E-state index in [9.17, 15) is 4.79 Å². The fourth-order valence-corrected chi connectivity index (χ4v) is 3.42. The van der Waals surface area contributed by atoms with Crippen LogP contribution in [0.5, 0.6) is 0 Å². The first kappa shape index (κ1) is 14.2. The summed E-state index contributed by atoms with van der Waals surface area (Å²) in [5.74, 6) is 0.858. The zero-order valence-corrected chi connectivity index (χ0v) is 12.7. The number of para-hydroxylation sites is 1. The normalized spacial score (nSPS) is 21.8. The Kier molecular flexibility index (Phi) is 4.28. The molecule has 3 nitrogen and oxygen atoms in total. The van der Waals surface area contributed by atoms with Crippen LogP contribution in [-0.4, -0.2) is 16.9 Å². The average molecular weight is 284 g/mol. The largest absolute Gasteiger partial charge is 0.361 e. The Morgan fingerprint density at radius 1 is 1.33 bits per heavy atom. The van der Waals surface area contributed by atoms with Crippen molar-refractivity contribution in [3.63, 3.8) is 0 Å². The lowest BCUT2D eigenvalue weighted by Gasteiger charge is -2.17. The van der Waals surface area contributed by atoms with Crippen LogP contribution in [0.4, 0.5) is 0 Å². The van der Waals surface area contributed by atoms with Gasteiger partial charge in [0.2, 0.25) is 5.91 Å². The zero-order valence-electron chi connectivity index (χ0n) is 12.7. The molecule has 1 fully saturated rings. The van der Waals surface area contributed by atoms with Gasteiger partial charge in [0.1, 0.15) is 0 Å². The topological polar surface area (TPSA) is 44.9 Å². The van der Waals surface area contributed by atoms with Crippen LogP contribution < -0.4 is 5.32 Å². The molecule has 1 amide bonds. The monoisotopic (exact) mass is 284 g/mol. The van der Waals surface area contributed by atoms with E-state index in [4.69, 9.17) is 0 Å². The van der Waals surface area contributed by atoms with Crippen LogP contribution in [0.2, 0.25) is 0 Å². The standard InChI is InChI=1S/C18H24N2O/c1-13-6-4-10-16(13)20-18(21)11-5-7-14-12-19-17-9-3-2-8-15(14)17/h2-3,8-9,12-13,16,19H,4-7,10-11H2,1H3,(H,20,21). The van der Waals surface area contributed by atoms with E-state index in [1.54, 1.807) is 0 Å². The summed E-state index contributed by atoms with van der Waals surface area (Å²) in [7, 11) is 0. The first-order chi connectivity index (χ1) is 10.2. The van der Waals surface area contributed by atoms with E-state index in [1.165, 1.54) is 29.3 Å². The molecule has 2 unspecified atom stereocenters. The number of hydrogen-bond donors (Lipinski definition) is 2. The van der Waals surface area contributed by atoms with Crippen molar-refractivity contribution in [2.24, 2.45) is 5.92 Å². The van der Waals surface area contributed by atoms with Gasteiger partial charge in [0.15, 0.2) is 0 Å². The van der Waals surface area contributed by atoms with E-state index in [-0.39, 0.29) is 5.91 Å². The van der Waals surface area contributed by atoms with Gasteiger partial charge in [-0.25, -0.2) is 0 Å². The smallest absolute Gasteiger partial charge is 0.220 e. The van der Waals surface area contributed by atoms with Gasteiger partial charge in [0.05, 0.1) is 0 Å². The van der Waals surface area contributed by atoms with Crippen molar-refractivity contribution in [1.82, 2.24) is 10.3 Å². The van der Waals surface area contributed by atoms with Gasteiger partial charge in [-0.3, -0.25) is 4.79 Å². The molecule has 0 radical (unpaired) electrons. The molecule has 1 aliphatic carbocycles. The van der Waals surface area contributed by atoms with E-state index in [0.29, 0.717) is 18.4 Å². The molecule has 3 rings (SSSR count). The quantitative estimate of drug-likeness (QED) is 0.862. The number of amides is 1. The van der Waals surface area contributed by atoms with Crippen LogP contribution in [0.1, 0.15) is 44.6 Å². The minimum Gasteiger partial charge on any atom is -0.361 e. The molecule has 21 heavy (non-hydrogen) atoms. The molecule has 112 valence electrons. The maximum atomic E-state index is 12.0. The first-order valence-corrected chi connectivity index (χ1v) is 8.08. The predicted octanol–water partition coefficient (Wildman–Crippen LogP) is 3.80. The van der Waals surface area contributed by atoms with Gasteiger partial charge >= 0.3 is 0 Å². The number of aromatic nitrogens is 1. The molecule has 0 spiro atoms. The Labute approximate surface area is 126 Å². The maximum absolute atomic E-state index is 12.0. The van der Waals surface area contributed by atoms with Crippen molar-refractivity contribution in [3.8, 4) is 0 Å². The molecule has 2 aromatic rings. The number of H-pyrrole nitrogens is 1. The number of hydrogen-bond acceptors (Lipinski definition) is 1. The first-order valence-electron chi connectivity index (χ1n) is 8.08. The third kappa shape index (κ3) is 3.29. The maximum Gasteiger partial charge on any atom is 0.220 e. The van der Waals surface area contributed by atoms with E-state index in [2.05, 4.69) is 41.6 Å². The van der Waals surface area contributed by atoms with Gasteiger partial charge in [-0.05, 0) is 43.2 Å². The number of rotatable bonds is 5. The number of carbonyl (C=O) groups is 1. The molecule has 1 aromatic carbocycles. The Balaban J connectivity index is 1.48. The Hall–Kier alpha value is -1.77. The van der Waals surface area contributed by atoms with Crippen molar-refractivity contribution in [2.45, 2.75) is 51.5 Å². The highest BCUT2D eigenvalue weighted by molar-refractivity contribution is 5.83. The molecular formula is C18H24N2O. The van der Waals surface area contributed by atoms with E-state index in [1.807, 2.05) is 6.07 Å². The van der Waals surface area contributed by atoms with Crippen molar-refractivity contribution in [1.29, 1.82) is 0 Å². The fourth-order valence-electron chi connectivity index (χ4n) is 3.42. The van der Waals surface area contributed by atoms with Gasteiger partial charge in [-0.15, -0.1) is 0 Å². The van der Waals surface area contributed by atoms with Gasteiger partial charge in [-0.2, -0.15) is 0 Å². The lowest BCUT2D eigenvalue weighted by molar-refractivity contribution is -0.122. The zero-order chi connectivity index (χ0) is 14.7. The third-order valence-corrected chi connectivity index (χ3v) is 4.73. The van der Waals surface area contributed by atoms with Crippen LogP contribution in [0.15, 0.2) is 30.5 Å². The number of aromatic amines is 1. The molecule has 2 N–H and O–H groups in total. The molecule has 1 saturated carbocycles. The number of carbonyl (C=O) groups excluding carboxylic acids is 1. The van der Waals surface area contributed by atoms with Gasteiger partial charge in [0, 0.05) is 29.6 Å². The summed E-state index contributed by atoms with van der Waals surface area (Å²) in [6, 6.07) is 8.74. The summed E-state index contributed by atoms with van der Waals surface area (Å²) < 4.78 is 0. The van der Waals surface area contributed by atoms with Gasteiger partial charge in [-0.1, -0.05) is 31.5 Å². The highest BCUT2D eigenvalue weighted by Gasteiger charge is 2.24. The minimum absolute atomic E-state index is 0.216. The molecular weight excluding hydrogens is 260 g/mol. The van der Waals surface area contributed by atoms with Crippen molar-refractivity contribution in [3.05, 3.63) is 36.0 Å². The molecule has 1 aromatic heterocycles. The summed E-state index contributed by atoms with van der Waals surface area (Å²) in [4.78, 5) is 15.3. The summed E-state index contributed by atoms with van der Waals surface area (Å²) in [5, 5.41) is 4.48. The van der Waals surface area contributed by atoms with Crippen LogP contribution in [0.3, 0.4) is 0 Å². The lowest BCUT2D eigenvalue weighted by atomic mass is 10.0. The second kappa shape index (κ2) is 6.33. The lowest BCUT2D eigenvalue weighted by Crippen LogP contribution is -2.36. The van der Waals surface area contributed by atoms with Gasteiger partial charge in [0.25, 0.3) is 0 Å². The summed E-state index contributed by atoms with van der Waals surface area (Å²) >= 11 is 0. The van der Waals surface area contributed by atoms with Crippen LogP contribution in [0, 0.1) is 5.92 Å². The second-order valence-corrected chi connectivity index (χ2v) is 6.30. The van der Waals surface area contributed by atoms with Crippen molar-refractivity contribution < 1.29 is 4.79 Å². The fraction of sp³-hybridized carbons (Fsp3) is 0.500. The van der Waals surface area contributed by atoms with E-state index >= 15 is 0 Å². The number of nitrogens with one attached hydrogen (secondary N) is 2. The molecule has 2 atom stereocenters. The molecule has 3 heteroatoms. The number of benzene rings is 1. The summed E-state index contributed by atoms with van der Waals surface area (Å²) in [5.41, 5.74) is 2.49. The average Bonchev–Trinajstić information content (AvgIpc) is 3.07. The minimum atomic E-state index is 0.216. The van der Waals surface area contributed by atoms with Crippen LogP contribution in [0.25, 0.3) is 10.9 Å². The Bertz CT molecular complexity index is 616. The molecule has 0 saturated heterocycles. The molecule has 0 aliphatic heterocycles. The Morgan fingerprint density at radius 2 is 2.19 bits per heavy atom. The third-order valence-electron chi connectivity index (χ3n) is 4.73. The van der Waals surface area contributed by atoms with Crippen LogP contribution in [-0.2, 0) is 11.2 Å². The Morgan fingerprint density at radius 3 is 3.00 bits per heavy atom. The predicted molar refractivity (Wildman–Crippen MR) is 86.2 cm³/mol. The summed E-state index contributed by atoms with van der Waals surface area (Å²) in [6.07, 6.45) is 8.22. The second-order valence-electron chi connectivity index (χ2n) is 6.30. The highest BCUT2D eigenvalue weighted by atomic mass is 16.1. The molecule has 1 aliphatic rings. The highest BCUT2D eigenvalue weighted by Crippen LogP contribution is 2.25. The SMILES string of the molecule is CC1CCCC1NC(=O)CCCc1c[nH]c2ccccc12. The molecule has 0 bridgehead atoms.